The Bertz CT molecular complexity index is 874. The van der Waals surface area contributed by atoms with Crippen LogP contribution in [0.15, 0.2) is 0 Å². The molecule has 6 rings (SSSR count). The van der Waals surface area contributed by atoms with Crippen LogP contribution in [-0.4, -0.2) is 34.5 Å². The number of hydrogen-bond donors (Lipinski definition) is 1. The van der Waals surface area contributed by atoms with Crippen molar-refractivity contribution in [2.24, 2.45) is 51.8 Å². The Balaban J connectivity index is 1.25. The molecule has 5 aliphatic carbocycles. The maximum Gasteiger partial charge on any atom is 0.163 e. The van der Waals surface area contributed by atoms with Crippen molar-refractivity contribution >= 4 is 5.78 Å². The number of aliphatic hydroxyl groups is 1. The zero-order valence-electron chi connectivity index (χ0n) is 22.7. The summed E-state index contributed by atoms with van der Waals surface area (Å²) >= 11 is 0. The molecule has 0 aromatic heterocycles. The van der Waals surface area contributed by atoms with Crippen LogP contribution in [0.25, 0.3) is 0 Å². The first-order chi connectivity index (χ1) is 15.7. The lowest BCUT2D eigenvalue weighted by Gasteiger charge is -2.58. The Hall–Kier alpha value is -0.450. The molecule has 0 aromatic rings. The predicted molar refractivity (Wildman–Crippen MR) is 132 cm³/mol. The van der Waals surface area contributed by atoms with E-state index in [4.69, 9.17) is 9.47 Å². The Kier molecular flexibility index (Phi) is 5.00. The van der Waals surface area contributed by atoms with E-state index in [9.17, 15) is 9.90 Å². The van der Waals surface area contributed by atoms with Crippen molar-refractivity contribution in [1.82, 2.24) is 0 Å². The minimum Gasteiger partial charge on any atom is -0.390 e. The molecule has 0 radical (unpaired) electrons. The Labute approximate surface area is 206 Å². The van der Waals surface area contributed by atoms with Crippen molar-refractivity contribution in [2.45, 2.75) is 130 Å². The smallest absolute Gasteiger partial charge is 0.163 e. The molecule has 11 atom stereocenters. The molecule has 0 amide bonds. The largest absolute Gasteiger partial charge is 0.390 e. The lowest BCUT2D eigenvalue weighted by Crippen LogP contribution is -2.55. The molecule has 1 saturated heterocycles. The maximum absolute atomic E-state index is 13.6. The lowest BCUT2D eigenvalue weighted by molar-refractivity contribution is -0.160. The summed E-state index contributed by atoms with van der Waals surface area (Å²) < 4.78 is 12.9. The van der Waals surface area contributed by atoms with E-state index in [1.54, 1.807) is 0 Å². The summed E-state index contributed by atoms with van der Waals surface area (Å²) in [5, 5.41) is 10.6. The van der Waals surface area contributed by atoms with Gasteiger partial charge in [0.05, 0.1) is 17.8 Å². The van der Waals surface area contributed by atoms with Gasteiger partial charge in [-0.15, -0.1) is 0 Å². The van der Waals surface area contributed by atoms with Crippen molar-refractivity contribution in [3.63, 3.8) is 0 Å². The van der Waals surface area contributed by atoms with Gasteiger partial charge in [0.2, 0.25) is 0 Å². The van der Waals surface area contributed by atoms with Crippen molar-refractivity contribution < 1.29 is 19.4 Å². The van der Waals surface area contributed by atoms with E-state index >= 15 is 0 Å². The number of hydrogen-bond acceptors (Lipinski definition) is 4. The van der Waals surface area contributed by atoms with Crippen LogP contribution in [-0.2, 0) is 14.3 Å². The first-order valence-corrected chi connectivity index (χ1v) is 14.3. The summed E-state index contributed by atoms with van der Waals surface area (Å²) in [6.07, 6.45) is 10.3. The highest BCUT2D eigenvalue weighted by Crippen LogP contribution is 2.80. The van der Waals surface area contributed by atoms with Crippen LogP contribution in [0.2, 0.25) is 0 Å². The molecule has 0 aromatic carbocycles. The Morgan fingerprint density at radius 2 is 1.76 bits per heavy atom. The molecule has 34 heavy (non-hydrogen) atoms. The van der Waals surface area contributed by atoms with Gasteiger partial charge < -0.3 is 14.6 Å². The topological polar surface area (TPSA) is 55.8 Å². The van der Waals surface area contributed by atoms with Gasteiger partial charge in [-0.05, 0) is 119 Å². The molecule has 4 heteroatoms. The molecule has 5 saturated carbocycles. The molecule has 0 unspecified atom stereocenters. The number of rotatable bonds is 4. The van der Waals surface area contributed by atoms with Crippen LogP contribution in [0.3, 0.4) is 0 Å². The molecule has 1 N–H and O–H groups in total. The number of carbonyl (C=O) groups excluding carboxylic acids is 1. The van der Waals surface area contributed by atoms with Crippen molar-refractivity contribution in [3.05, 3.63) is 0 Å². The highest BCUT2D eigenvalue weighted by Gasteiger charge is 2.77. The highest BCUT2D eigenvalue weighted by molar-refractivity contribution is 5.91. The SMILES string of the molecule is C[C@H]([C@H]1OC(C)(C)O[C@@H]1CC(C)(C)O)[C@H]1CC[C@H]2[C@@H]3CC(=O)[C@]45C[C@H]4CC[C@]5(C)[C@H]3CC[C@]12C. The summed E-state index contributed by atoms with van der Waals surface area (Å²) in [6.45, 7) is 15.2. The van der Waals surface area contributed by atoms with E-state index in [1.165, 1.54) is 44.9 Å². The maximum atomic E-state index is 13.6. The Morgan fingerprint density at radius 3 is 2.44 bits per heavy atom. The quantitative estimate of drug-likeness (QED) is 0.534. The number of ether oxygens (including phenoxy) is 2. The van der Waals surface area contributed by atoms with Gasteiger partial charge in [-0.3, -0.25) is 4.79 Å². The second-order valence-electron chi connectivity index (χ2n) is 15.1. The zero-order chi connectivity index (χ0) is 24.5. The third-order valence-corrected chi connectivity index (χ3v) is 12.5. The summed E-state index contributed by atoms with van der Waals surface area (Å²) in [5.41, 5.74) is -0.147. The molecule has 1 spiro atoms. The summed E-state index contributed by atoms with van der Waals surface area (Å²) in [6, 6.07) is 0. The van der Waals surface area contributed by atoms with E-state index in [1.807, 2.05) is 27.7 Å². The van der Waals surface area contributed by atoms with E-state index in [0.29, 0.717) is 41.8 Å². The van der Waals surface area contributed by atoms with E-state index in [2.05, 4.69) is 20.8 Å². The molecular weight excluding hydrogens is 424 g/mol. The van der Waals surface area contributed by atoms with E-state index in [0.717, 1.165) is 12.3 Å². The first-order valence-electron chi connectivity index (χ1n) is 14.3. The van der Waals surface area contributed by atoms with Crippen LogP contribution in [0.1, 0.15) is 106 Å². The van der Waals surface area contributed by atoms with Gasteiger partial charge >= 0.3 is 0 Å². The molecule has 6 fully saturated rings. The molecule has 0 bridgehead atoms. The van der Waals surface area contributed by atoms with Crippen LogP contribution < -0.4 is 0 Å². The van der Waals surface area contributed by atoms with Crippen LogP contribution >= 0.6 is 0 Å². The summed E-state index contributed by atoms with van der Waals surface area (Å²) in [4.78, 5) is 13.6. The lowest BCUT2D eigenvalue weighted by atomic mass is 9.45. The minimum absolute atomic E-state index is 0.00977. The molecular formula is C30H48O4. The standard InChI is InChI=1S/C30H48O4/c1-17(25-23(16-26(2,3)32)33-27(4,5)34-25)20-8-9-21-19-14-24(31)30-15-18(30)10-13-29(30,7)22(19)11-12-28(20,21)6/h17-23,25,32H,8-16H2,1-7H3/t17-,18+,19-,20+,21-,22-,23+,25+,28+,29+,30-/m0/s1. The number of carbonyl (C=O) groups is 1. The van der Waals surface area contributed by atoms with Gasteiger partial charge in [-0.25, -0.2) is 0 Å². The first kappa shape index (κ1) is 23.9. The number of ketones is 1. The molecule has 4 nitrogen and oxygen atoms in total. The van der Waals surface area contributed by atoms with Gasteiger partial charge in [0.15, 0.2) is 5.79 Å². The van der Waals surface area contributed by atoms with Crippen LogP contribution in [0, 0.1) is 51.8 Å². The Morgan fingerprint density at radius 1 is 1.03 bits per heavy atom. The predicted octanol–water partition coefficient (Wildman–Crippen LogP) is 6.14. The van der Waals surface area contributed by atoms with E-state index in [-0.39, 0.29) is 28.5 Å². The average molecular weight is 473 g/mol. The third kappa shape index (κ3) is 3.09. The summed E-state index contributed by atoms with van der Waals surface area (Å²) in [7, 11) is 0. The van der Waals surface area contributed by atoms with Crippen molar-refractivity contribution in [3.8, 4) is 0 Å². The van der Waals surface area contributed by atoms with Gasteiger partial charge in [0.25, 0.3) is 0 Å². The van der Waals surface area contributed by atoms with Crippen LogP contribution in [0.4, 0.5) is 0 Å². The molecule has 192 valence electrons. The molecule has 1 aliphatic heterocycles. The van der Waals surface area contributed by atoms with Gasteiger partial charge in [-0.1, -0.05) is 20.8 Å². The van der Waals surface area contributed by atoms with Crippen molar-refractivity contribution in [1.29, 1.82) is 0 Å². The fourth-order valence-corrected chi connectivity index (χ4v) is 11.1. The fraction of sp³-hybridized carbons (Fsp3) is 0.967. The number of fused-ring (bicyclic) bond motifs is 4. The monoisotopic (exact) mass is 472 g/mol. The molecule has 6 aliphatic rings. The van der Waals surface area contributed by atoms with Gasteiger partial charge in [-0.2, -0.15) is 0 Å². The van der Waals surface area contributed by atoms with Gasteiger partial charge in [0, 0.05) is 18.3 Å². The van der Waals surface area contributed by atoms with Gasteiger partial charge in [0.1, 0.15) is 5.78 Å². The van der Waals surface area contributed by atoms with E-state index < -0.39 is 11.4 Å². The minimum atomic E-state index is -0.775. The fourth-order valence-electron chi connectivity index (χ4n) is 11.1. The second kappa shape index (κ2) is 7.10. The summed E-state index contributed by atoms with van der Waals surface area (Å²) in [5.74, 6) is 3.71. The normalized spacial score (nSPS) is 54.2. The third-order valence-electron chi connectivity index (χ3n) is 12.5. The molecule has 1 heterocycles. The number of Topliss-reactive ketones (excluding diaryl/α,β-unsaturated/α-hetero) is 1. The highest BCUT2D eigenvalue weighted by atomic mass is 16.8. The zero-order valence-corrected chi connectivity index (χ0v) is 22.7. The van der Waals surface area contributed by atoms with Crippen LogP contribution in [0.5, 0.6) is 0 Å². The van der Waals surface area contributed by atoms with Crippen molar-refractivity contribution in [2.75, 3.05) is 0 Å². The average Bonchev–Trinajstić information content (AvgIpc) is 3.08. The second-order valence-corrected chi connectivity index (χ2v) is 15.1.